The Morgan fingerprint density at radius 2 is 2.19 bits per heavy atom. The zero-order valence-electron chi connectivity index (χ0n) is 12.4. The Kier molecular flexibility index (Phi) is 6.71. The first-order chi connectivity index (χ1) is 10.2. The fourth-order valence-electron chi connectivity index (χ4n) is 2.46. The molecule has 0 unspecified atom stereocenters. The van der Waals surface area contributed by atoms with Gasteiger partial charge in [-0.1, -0.05) is 24.4 Å². The number of hydrogen-bond donors (Lipinski definition) is 1. The summed E-state index contributed by atoms with van der Waals surface area (Å²) < 4.78 is 5.36. The van der Waals surface area contributed by atoms with E-state index in [0.29, 0.717) is 29.5 Å². The normalized spacial score (nSPS) is 15.1. The molecule has 3 nitrogen and oxygen atoms in total. The summed E-state index contributed by atoms with van der Waals surface area (Å²) in [7, 11) is 0. The Bertz CT molecular complexity index is 475. The van der Waals surface area contributed by atoms with Gasteiger partial charge in [0.2, 0.25) is 0 Å². The minimum atomic E-state index is -0.0769. The largest absolute Gasteiger partial charge is 0.492 e. The number of hydrogen-bond acceptors (Lipinski definition) is 3. The van der Waals surface area contributed by atoms with Crippen LogP contribution < -0.4 is 10.1 Å². The van der Waals surface area contributed by atoms with E-state index in [-0.39, 0.29) is 5.91 Å². The highest BCUT2D eigenvalue weighted by atomic mass is 35.5. The van der Waals surface area contributed by atoms with E-state index in [9.17, 15) is 4.79 Å². The molecular formula is C16H22ClNO2S. The highest BCUT2D eigenvalue weighted by Gasteiger charge is 2.15. The maximum absolute atomic E-state index is 12.0. The standard InChI is InChI=1S/C16H22ClNO2S/c1-2-20-15-8-7-12(11-14(15)17)16(19)18-9-10-21-13-5-3-4-6-13/h7-8,11,13H,2-6,9-10H2,1H3,(H,18,19). The van der Waals surface area contributed by atoms with Gasteiger partial charge in [0.15, 0.2) is 0 Å². The van der Waals surface area contributed by atoms with Gasteiger partial charge in [-0.2, -0.15) is 11.8 Å². The van der Waals surface area contributed by atoms with Crippen LogP contribution in [0.3, 0.4) is 0 Å². The Morgan fingerprint density at radius 3 is 2.86 bits per heavy atom. The number of rotatable bonds is 7. The molecule has 1 aliphatic carbocycles. The molecule has 1 N–H and O–H groups in total. The van der Waals surface area contributed by atoms with Crippen molar-refractivity contribution >= 4 is 29.3 Å². The predicted molar refractivity (Wildman–Crippen MR) is 89.7 cm³/mol. The van der Waals surface area contributed by atoms with Crippen LogP contribution in [0.15, 0.2) is 18.2 Å². The molecule has 0 saturated heterocycles. The van der Waals surface area contributed by atoms with Gasteiger partial charge >= 0.3 is 0 Å². The molecule has 5 heteroatoms. The number of carbonyl (C=O) groups is 1. The van der Waals surface area contributed by atoms with Crippen LogP contribution in [0.2, 0.25) is 5.02 Å². The second kappa shape index (κ2) is 8.54. The first kappa shape index (κ1) is 16.5. The van der Waals surface area contributed by atoms with Crippen LogP contribution in [0.25, 0.3) is 0 Å². The molecular weight excluding hydrogens is 306 g/mol. The third-order valence-corrected chi connectivity index (χ3v) is 5.22. The van der Waals surface area contributed by atoms with Crippen LogP contribution in [0.5, 0.6) is 5.75 Å². The molecule has 1 amide bonds. The molecule has 21 heavy (non-hydrogen) atoms. The molecule has 0 radical (unpaired) electrons. The van der Waals surface area contributed by atoms with E-state index in [0.717, 1.165) is 11.0 Å². The van der Waals surface area contributed by atoms with E-state index in [1.165, 1.54) is 25.7 Å². The fraction of sp³-hybridized carbons (Fsp3) is 0.562. The Hall–Kier alpha value is -0.870. The van der Waals surface area contributed by atoms with Crippen LogP contribution in [0.1, 0.15) is 43.0 Å². The lowest BCUT2D eigenvalue weighted by molar-refractivity contribution is 0.0956. The van der Waals surface area contributed by atoms with Gasteiger partial charge in [-0.15, -0.1) is 0 Å². The number of halogens is 1. The van der Waals surface area contributed by atoms with Crippen molar-refractivity contribution in [2.45, 2.75) is 37.9 Å². The summed E-state index contributed by atoms with van der Waals surface area (Å²) in [6, 6.07) is 5.15. The molecule has 1 aliphatic rings. The van der Waals surface area contributed by atoms with Crippen molar-refractivity contribution in [3.63, 3.8) is 0 Å². The molecule has 116 valence electrons. The van der Waals surface area contributed by atoms with Crippen molar-refractivity contribution < 1.29 is 9.53 Å². The van der Waals surface area contributed by atoms with Crippen LogP contribution in [-0.2, 0) is 0 Å². The number of amides is 1. The molecule has 0 bridgehead atoms. The zero-order valence-corrected chi connectivity index (χ0v) is 13.9. The molecule has 0 atom stereocenters. The number of benzene rings is 1. The quantitative estimate of drug-likeness (QED) is 0.765. The van der Waals surface area contributed by atoms with Gasteiger partial charge in [0.05, 0.1) is 11.6 Å². The fourth-order valence-corrected chi connectivity index (χ4v) is 3.92. The number of thioether (sulfide) groups is 1. The van der Waals surface area contributed by atoms with Crippen LogP contribution >= 0.6 is 23.4 Å². The van der Waals surface area contributed by atoms with Gasteiger partial charge in [-0.05, 0) is 38.0 Å². The maximum Gasteiger partial charge on any atom is 0.251 e. The molecule has 1 aromatic rings. The molecule has 0 aromatic heterocycles. The number of ether oxygens (including phenoxy) is 1. The molecule has 0 spiro atoms. The number of carbonyl (C=O) groups excluding carboxylic acids is 1. The van der Waals surface area contributed by atoms with Gasteiger partial charge in [0.1, 0.15) is 5.75 Å². The molecule has 1 saturated carbocycles. The summed E-state index contributed by atoms with van der Waals surface area (Å²) in [6.07, 6.45) is 5.36. The second-order valence-electron chi connectivity index (χ2n) is 5.11. The van der Waals surface area contributed by atoms with Crippen molar-refractivity contribution in [2.24, 2.45) is 0 Å². The highest BCUT2D eigenvalue weighted by Crippen LogP contribution is 2.29. The summed E-state index contributed by atoms with van der Waals surface area (Å²) >= 11 is 8.06. The van der Waals surface area contributed by atoms with Crippen LogP contribution in [0.4, 0.5) is 0 Å². The Labute approximate surface area is 135 Å². The monoisotopic (exact) mass is 327 g/mol. The highest BCUT2D eigenvalue weighted by molar-refractivity contribution is 7.99. The lowest BCUT2D eigenvalue weighted by atomic mass is 10.2. The third-order valence-electron chi connectivity index (χ3n) is 3.54. The van der Waals surface area contributed by atoms with Gasteiger partial charge in [0.25, 0.3) is 5.91 Å². The molecule has 1 fully saturated rings. The van der Waals surface area contributed by atoms with E-state index in [1.807, 2.05) is 18.7 Å². The van der Waals surface area contributed by atoms with Crippen LogP contribution in [0, 0.1) is 0 Å². The van der Waals surface area contributed by atoms with Gasteiger partial charge < -0.3 is 10.1 Å². The number of nitrogens with one attached hydrogen (secondary N) is 1. The minimum Gasteiger partial charge on any atom is -0.492 e. The molecule has 2 rings (SSSR count). The van der Waals surface area contributed by atoms with Crippen molar-refractivity contribution in [2.75, 3.05) is 18.9 Å². The summed E-state index contributed by atoms with van der Waals surface area (Å²) in [4.78, 5) is 12.0. The smallest absolute Gasteiger partial charge is 0.251 e. The zero-order chi connectivity index (χ0) is 15.1. The van der Waals surface area contributed by atoms with E-state index < -0.39 is 0 Å². The van der Waals surface area contributed by atoms with E-state index in [2.05, 4.69) is 5.32 Å². The third kappa shape index (κ3) is 5.11. The van der Waals surface area contributed by atoms with E-state index >= 15 is 0 Å². The summed E-state index contributed by atoms with van der Waals surface area (Å²) in [5.74, 6) is 1.51. The molecule has 1 aromatic carbocycles. The Balaban J connectivity index is 1.75. The second-order valence-corrected chi connectivity index (χ2v) is 6.93. The van der Waals surface area contributed by atoms with Crippen molar-refractivity contribution in [1.82, 2.24) is 5.32 Å². The van der Waals surface area contributed by atoms with E-state index in [1.54, 1.807) is 18.2 Å². The lowest BCUT2D eigenvalue weighted by Gasteiger charge is -2.10. The SMILES string of the molecule is CCOc1ccc(C(=O)NCCSC2CCCC2)cc1Cl. The van der Waals surface area contributed by atoms with Crippen LogP contribution in [-0.4, -0.2) is 30.1 Å². The van der Waals surface area contributed by atoms with Crippen molar-refractivity contribution in [1.29, 1.82) is 0 Å². The van der Waals surface area contributed by atoms with Gasteiger partial charge in [-0.25, -0.2) is 0 Å². The van der Waals surface area contributed by atoms with Crippen molar-refractivity contribution in [3.05, 3.63) is 28.8 Å². The first-order valence-electron chi connectivity index (χ1n) is 7.53. The molecule has 0 aliphatic heterocycles. The lowest BCUT2D eigenvalue weighted by Crippen LogP contribution is -2.26. The summed E-state index contributed by atoms with van der Waals surface area (Å²) in [5, 5.41) is 4.21. The average Bonchev–Trinajstić information content (AvgIpc) is 2.99. The minimum absolute atomic E-state index is 0.0769. The molecule has 0 heterocycles. The predicted octanol–water partition coefficient (Wildman–Crippen LogP) is 4.14. The first-order valence-corrected chi connectivity index (χ1v) is 8.95. The van der Waals surface area contributed by atoms with Gasteiger partial charge in [-0.3, -0.25) is 4.79 Å². The topological polar surface area (TPSA) is 38.3 Å². The van der Waals surface area contributed by atoms with Crippen molar-refractivity contribution in [3.8, 4) is 5.75 Å². The average molecular weight is 328 g/mol. The summed E-state index contributed by atoms with van der Waals surface area (Å²) in [5.41, 5.74) is 0.578. The summed E-state index contributed by atoms with van der Waals surface area (Å²) in [6.45, 7) is 3.16. The van der Waals surface area contributed by atoms with Gasteiger partial charge in [0, 0.05) is 23.1 Å². The maximum atomic E-state index is 12.0. The van der Waals surface area contributed by atoms with E-state index in [4.69, 9.17) is 16.3 Å². The Morgan fingerprint density at radius 1 is 1.43 bits per heavy atom.